The molecule has 1 heterocycles. The SMILES string of the molecule is CCC1CCC(C#N)(NC(=O)c2ccc(C)s2)CC1. The third-order valence-electron chi connectivity index (χ3n) is 4.07. The van der Waals surface area contributed by atoms with Crippen molar-refractivity contribution in [1.82, 2.24) is 5.32 Å². The van der Waals surface area contributed by atoms with Crippen molar-refractivity contribution in [1.29, 1.82) is 5.26 Å². The summed E-state index contributed by atoms with van der Waals surface area (Å²) in [5.41, 5.74) is -0.652. The van der Waals surface area contributed by atoms with E-state index in [9.17, 15) is 10.1 Å². The summed E-state index contributed by atoms with van der Waals surface area (Å²) in [5, 5.41) is 12.4. The van der Waals surface area contributed by atoms with E-state index in [-0.39, 0.29) is 5.91 Å². The van der Waals surface area contributed by atoms with Crippen LogP contribution in [0.25, 0.3) is 0 Å². The fourth-order valence-corrected chi connectivity index (χ4v) is 3.44. The molecule has 0 unspecified atom stereocenters. The van der Waals surface area contributed by atoms with E-state index in [4.69, 9.17) is 0 Å². The average molecular weight is 276 g/mol. The van der Waals surface area contributed by atoms with Gasteiger partial charge in [-0.05, 0) is 50.7 Å². The molecule has 1 N–H and O–H groups in total. The molecule has 3 nitrogen and oxygen atoms in total. The van der Waals surface area contributed by atoms with Gasteiger partial charge in [-0.3, -0.25) is 4.79 Å². The summed E-state index contributed by atoms with van der Waals surface area (Å²) < 4.78 is 0. The van der Waals surface area contributed by atoms with Gasteiger partial charge in [0.05, 0.1) is 10.9 Å². The zero-order valence-corrected chi connectivity index (χ0v) is 12.3. The maximum absolute atomic E-state index is 12.2. The lowest BCUT2D eigenvalue weighted by Crippen LogP contribution is -2.49. The van der Waals surface area contributed by atoms with Crippen LogP contribution in [0.15, 0.2) is 12.1 Å². The smallest absolute Gasteiger partial charge is 0.262 e. The van der Waals surface area contributed by atoms with Gasteiger partial charge in [-0.15, -0.1) is 11.3 Å². The molecule has 0 saturated heterocycles. The summed E-state index contributed by atoms with van der Waals surface area (Å²) in [7, 11) is 0. The van der Waals surface area contributed by atoms with E-state index in [0.29, 0.717) is 10.8 Å². The van der Waals surface area contributed by atoms with Crippen LogP contribution in [0.3, 0.4) is 0 Å². The summed E-state index contributed by atoms with van der Waals surface area (Å²) >= 11 is 1.48. The number of nitrogens with one attached hydrogen (secondary N) is 1. The molecule has 1 aliphatic rings. The van der Waals surface area contributed by atoms with Crippen LogP contribution >= 0.6 is 11.3 Å². The fraction of sp³-hybridized carbons (Fsp3) is 0.600. The van der Waals surface area contributed by atoms with E-state index < -0.39 is 5.54 Å². The minimum atomic E-state index is -0.652. The van der Waals surface area contributed by atoms with Crippen molar-refractivity contribution in [2.24, 2.45) is 5.92 Å². The van der Waals surface area contributed by atoms with E-state index in [1.165, 1.54) is 17.8 Å². The second-order valence-electron chi connectivity index (χ2n) is 5.41. The van der Waals surface area contributed by atoms with Crippen molar-refractivity contribution in [2.75, 3.05) is 0 Å². The maximum atomic E-state index is 12.2. The molecule has 0 atom stereocenters. The minimum Gasteiger partial charge on any atom is -0.333 e. The van der Waals surface area contributed by atoms with Gasteiger partial charge in [0.25, 0.3) is 5.91 Å². The fourth-order valence-electron chi connectivity index (χ4n) is 2.68. The van der Waals surface area contributed by atoms with E-state index in [1.54, 1.807) is 0 Å². The molecule has 2 rings (SSSR count). The molecule has 102 valence electrons. The molecule has 0 aliphatic heterocycles. The molecule has 1 amide bonds. The number of carbonyl (C=O) groups is 1. The first-order valence-corrected chi connectivity index (χ1v) is 7.70. The lowest BCUT2D eigenvalue weighted by atomic mass is 9.76. The van der Waals surface area contributed by atoms with Crippen LogP contribution < -0.4 is 5.32 Å². The van der Waals surface area contributed by atoms with Gasteiger partial charge in [0.2, 0.25) is 0 Å². The second-order valence-corrected chi connectivity index (χ2v) is 6.70. The number of nitriles is 1. The summed E-state index contributed by atoms with van der Waals surface area (Å²) in [4.78, 5) is 14.0. The molecule has 0 bridgehead atoms. The zero-order valence-electron chi connectivity index (χ0n) is 11.5. The first kappa shape index (κ1) is 14.1. The molecule has 0 radical (unpaired) electrons. The van der Waals surface area contributed by atoms with Gasteiger partial charge in [0.15, 0.2) is 0 Å². The van der Waals surface area contributed by atoms with Crippen molar-refractivity contribution >= 4 is 17.2 Å². The third kappa shape index (κ3) is 3.16. The van der Waals surface area contributed by atoms with Gasteiger partial charge >= 0.3 is 0 Å². The molecule has 1 aliphatic carbocycles. The number of nitrogens with zero attached hydrogens (tertiary/aromatic N) is 1. The third-order valence-corrected chi connectivity index (χ3v) is 5.07. The van der Waals surface area contributed by atoms with Crippen molar-refractivity contribution < 1.29 is 4.79 Å². The van der Waals surface area contributed by atoms with Crippen molar-refractivity contribution in [3.63, 3.8) is 0 Å². The normalized spacial score (nSPS) is 26.7. The first-order valence-electron chi connectivity index (χ1n) is 6.89. The maximum Gasteiger partial charge on any atom is 0.262 e. The van der Waals surface area contributed by atoms with Crippen molar-refractivity contribution in [3.05, 3.63) is 21.9 Å². The van der Waals surface area contributed by atoms with Gasteiger partial charge in [-0.25, -0.2) is 0 Å². The first-order chi connectivity index (χ1) is 9.08. The van der Waals surface area contributed by atoms with Crippen molar-refractivity contribution in [3.8, 4) is 6.07 Å². The average Bonchev–Trinajstić information content (AvgIpc) is 2.86. The van der Waals surface area contributed by atoms with Gasteiger partial charge in [-0.1, -0.05) is 13.3 Å². The Labute approximate surface area is 118 Å². The van der Waals surface area contributed by atoms with E-state index in [0.717, 1.165) is 30.6 Å². The predicted molar refractivity (Wildman–Crippen MR) is 77.1 cm³/mol. The molecule has 1 fully saturated rings. The van der Waals surface area contributed by atoms with Gasteiger partial charge < -0.3 is 5.32 Å². The highest BCUT2D eigenvalue weighted by atomic mass is 32.1. The minimum absolute atomic E-state index is 0.102. The summed E-state index contributed by atoms with van der Waals surface area (Å²) in [6, 6.07) is 6.11. The summed E-state index contributed by atoms with van der Waals surface area (Å²) in [5.74, 6) is 0.608. The summed E-state index contributed by atoms with van der Waals surface area (Å²) in [6.07, 6.45) is 4.79. The van der Waals surface area contributed by atoms with Crippen LogP contribution in [0, 0.1) is 24.2 Å². The number of hydrogen-bond acceptors (Lipinski definition) is 3. The number of amides is 1. The highest BCUT2D eigenvalue weighted by molar-refractivity contribution is 7.13. The molecular weight excluding hydrogens is 256 g/mol. The predicted octanol–water partition coefficient (Wildman–Crippen LogP) is 3.65. The Kier molecular flexibility index (Phi) is 4.26. The van der Waals surface area contributed by atoms with Gasteiger partial charge in [-0.2, -0.15) is 5.26 Å². The largest absolute Gasteiger partial charge is 0.333 e. The van der Waals surface area contributed by atoms with Crippen LogP contribution in [0.4, 0.5) is 0 Å². The molecule has 1 aromatic rings. The number of rotatable bonds is 3. The number of aryl methyl sites for hydroxylation is 1. The van der Waals surface area contributed by atoms with E-state index in [2.05, 4.69) is 18.3 Å². The summed E-state index contributed by atoms with van der Waals surface area (Å²) in [6.45, 7) is 4.17. The molecule has 19 heavy (non-hydrogen) atoms. The number of hydrogen-bond donors (Lipinski definition) is 1. The Balaban J connectivity index is 2.04. The van der Waals surface area contributed by atoms with Crippen LogP contribution in [0.5, 0.6) is 0 Å². The Hall–Kier alpha value is -1.34. The molecule has 4 heteroatoms. The molecule has 0 spiro atoms. The van der Waals surface area contributed by atoms with Crippen LogP contribution in [0.2, 0.25) is 0 Å². The molecule has 1 saturated carbocycles. The number of thiophene rings is 1. The van der Waals surface area contributed by atoms with Crippen LogP contribution in [-0.2, 0) is 0 Å². The quantitative estimate of drug-likeness (QED) is 0.916. The molecule has 1 aromatic heterocycles. The van der Waals surface area contributed by atoms with E-state index in [1.807, 2.05) is 19.1 Å². The van der Waals surface area contributed by atoms with Crippen LogP contribution in [0.1, 0.15) is 53.6 Å². The standard InChI is InChI=1S/C15H20N2OS/c1-3-12-6-8-15(10-16,9-7-12)17-14(18)13-5-4-11(2)19-13/h4-5,12H,3,6-9H2,1-2H3,(H,17,18). The topological polar surface area (TPSA) is 52.9 Å². The van der Waals surface area contributed by atoms with Gasteiger partial charge in [0.1, 0.15) is 5.54 Å². The van der Waals surface area contributed by atoms with Crippen molar-refractivity contribution in [2.45, 2.75) is 51.5 Å². The van der Waals surface area contributed by atoms with E-state index >= 15 is 0 Å². The monoisotopic (exact) mass is 276 g/mol. The Bertz CT molecular complexity index is 492. The zero-order chi connectivity index (χ0) is 13.9. The Morgan fingerprint density at radius 3 is 2.68 bits per heavy atom. The highest BCUT2D eigenvalue weighted by Gasteiger charge is 2.36. The Morgan fingerprint density at radius 2 is 2.21 bits per heavy atom. The highest BCUT2D eigenvalue weighted by Crippen LogP contribution is 2.33. The second kappa shape index (κ2) is 5.75. The van der Waals surface area contributed by atoms with Crippen LogP contribution in [-0.4, -0.2) is 11.4 Å². The lowest BCUT2D eigenvalue weighted by molar-refractivity contribution is 0.0895. The molecule has 0 aromatic carbocycles. The lowest BCUT2D eigenvalue weighted by Gasteiger charge is -2.35. The molecular formula is C15H20N2OS. The number of carbonyl (C=O) groups excluding carboxylic acids is 1. The Morgan fingerprint density at radius 1 is 1.53 bits per heavy atom. The van der Waals surface area contributed by atoms with Gasteiger partial charge in [0, 0.05) is 4.88 Å².